The minimum absolute atomic E-state index is 0.364. The van der Waals surface area contributed by atoms with Gasteiger partial charge in [0.05, 0.1) is 5.69 Å². The molecule has 1 N–H and O–H groups in total. The SMILES string of the molecule is C#CCC(C)NC1CCCc2cccnc21. The fourth-order valence-corrected chi connectivity index (χ4v) is 2.35. The summed E-state index contributed by atoms with van der Waals surface area (Å²) < 4.78 is 0. The van der Waals surface area contributed by atoms with Gasteiger partial charge in [0.1, 0.15) is 0 Å². The van der Waals surface area contributed by atoms with Crippen LogP contribution in [-0.4, -0.2) is 11.0 Å². The lowest BCUT2D eigenvalue weighted by atomic mass is 9.91. The summed E-state index contributed by atoms with van der Waals surface area (Å²) in [7, 11) is 0. The van der Waals surface area contributed by atoms with Gasteiger partial charge in [-0.05, 0) is 37.8 Å². The minimum Gasteiger partial charge on any atom is -0.305 e. The molecule has 0 amide bonds. The number of fused-ring (bicyclic) bond motifs is 1. The minimum atomic E-state index is 0.364. The van der Waals surface area contributed by atoms with Crippen molar-refractivity contribution < 1.29 is 0 Å². The van der Waals surface area contributed by atoms with E-state index in [2.05, 4.69) is 29.2 Å². The van der Waals surface area contributed by atoms with Crippen LogP contribution in [0.3, 0.4) is 0 Å². The molecule has 0 saturated heterocycles. The lowest BCUT2D eigenvalue weighted by molar-refractivity contribution is 0.403. The highest BCUT2D eigenvalue weighted by atomic mass is 15.0. The van der Waals surface area contributed by atoms with Crippen molar-refractivity contribution in [2.45, 2.75) is 44.7 Å². The predicted molar refractivity (Wildman–Crippen MR) is 66.0 cm³/mol. The molecule has 1 aliphatic rings. The number of nitrogens with one attached hydrogen (secondary N) is 1. The van der Waals surface area contributed by atoms with Gasteiger partial charge in [-0.3, -0.25) is 4.98 Å². The highest BCUT2D eigenvalue weighted by Gasteiger charge is 2.21. The lowest BCUT2D eigenvalue weighted by Crippen LogP contribution is -2.33. The molecular formula is C14H18N2. The molecule has 1 heterocycles. The van der Waals surface area contributed by atoms with E-state index in [9.17, 15) is 0 Å². The van der Waals surface area contributed by atoms with Gasteiger partial charge in [0.2, 0.25) is 0 Å². The Balaban J connectivity index is 2.10. The van der Waals surface area contributed by atoms with Crippen LogP contribution in [0.1, 0.15) is 43.5 Å². The third-order valence-corrected chi connectivity index (χ3v) is 3.10. The van der Waals surface area contributed by atoms with E-state index in [-0.39, 0.29) is 0 Å². The maximum absolute atomic E-state index is 5.32. The largest absolute Gasteiger partial charge is 0.305 e. The van der Waals surface area contributed by atoms with Gasteiger partial charge in [-0.1, -0.05) is 6.07 Å². The van der Waals surface area contributed by atoms with E-state index < -0.39 is 0 Å². The Kier molecular flexibility index (Phi) is 3.58. The van der Waals surface area contributed by atoms with Crippen LogP contribution in [-0.2, 0) is 6.42 Å². The molecule has 16 heavy (non-hydrogen) atoms. The molecule has 0 aliphatic heterocycles. The van der Waals surface area contributed by atoms with Crippen molar-refractivity contribution in [2.24, 2.45) is 0 Å². The van der Waals surface area contributed by atoms with Gasteiger partial charge in [-0.25, -0.2) is 0 Å². The lowest BCUT2D eigenvalue weighted by Gasteiger charge is -2.27. The Morgan fingerprint density at radius 2 is 2.56 bits per heavy atom. The summed E-state index contributed by atoms with van der Waals surface area (Å²) in [5, 5.41) is 3.57. The first-order valence-electron chi connectivity index (χ1n) is 5.94. The molecule has 0 aromatic carbocycles. The number of nitrogens with zero attached hydrogens (tertiary/aromatic N) is 1. The number of aromatic nitrogens is 1. The van der Waals surface area contributed by atoms with Crippen molar-refractivity contribution in [3.63, 3.8) is 0 Å². The smallest absolute Gasteiger partial charge is 0.0605 e. The Bertz CT molecular complexity index is 392. The molecular weight excluding hydrogens is 196 g/mol. The molecule has 2 rings (SSSR count). The average molecular weight is 214 g/mol. The van der Waals surface area contributed by atoms with Crippen molar-refractivity contribution in [1.29, 1.82) is 0 Å². The van der Waals surface area contributed by atoms with Crippen LogP contribution in [0.5, 0.6) is 0 Å². The van der Waals surface area contributed by atoms with Crippen molar-refractivity contribution in [2.75, 3.05) is 0 Å². The summed E-state index contributed by atoms with van der Waals surface area (Å²) in [6, 6.07) is 4.95. The van der Waals surface area contributed by atoms with Crippen LogP contribution in [0, 0.1) is 12.3 Å². The van der Waals surface area contributed by atoms with Crippen molar-refractivity contribution >= 4 is 0 Å². The quantitative estimate of drug-likeness (QED) is 0.782. The van der Waals surface area contributed by atoms with Gasteiger partial charge in [0.25, 0.3) is 0 Å². The molecule has 2 atom stereocenters. The molecule has 0 radical (unpaired) electrons. The van der Waals surface area contributed by atoms with E-state index in [1.807, 2.05) is 12.3 Å². The third-order valence-electron chi connectivity index (χ3n) is 3.10. The zero-order chi connectivity index (χ0) is 11.4. The summed E-state index contributed by atoms with van der Waals surface area (Å²) in [4.78, 5) is 4.50. The molecule has 2 nitrogen and oxygen atoms in total. The number of hydrogen-bond donors (Lipinski definition) is 1. The highest BCUT2D eigenvalue weighted by Crippen LogP contribution is 2.28. The van der Waals surface area contributed by atoms with Gasteiger partial charge >= 0.3 is 0 Å². The molecule has 0 bridgehead atoms. The Morgan fingerprint density at radius 3 is 3.38 bits per heavy atom. The second-order valence-electron chi connectivity index (χ2n) is 4.47. The maximum atomic E-state index is 5.32. The zero-order valence-corrected chi connectivity index (χ0v) is 9.74. The summed E-state index contributed by atoms with van der Waals surface area (Å²) in [6.45, 7) is 2.14. The summed E-state index contributed by atoms with van der Waals surface area (Å²) >= 11 is 0. The van der Waals surface area contributed by atoms with Gasteiger partial charge in [0, 0.05) is 24.7 Å². The summed E-state index contributed by atoms with van der Waals surface area (Å²) in [6.07, 6.45) is 11.5. The molecule has 84 valence electrons. The van der Waals surface area contributed by atoms with Crippen LogP contribution < -0.4 is 5.32 Å². The third kappa shape index (κ3) is 2.43. The maximum Gasteiger partial charge on any atom is 0.0605 e. The van der Waals surface area contributed by atoms with Crippen LogP contribution >= 0.6 is 0 Å². The van der Waals surface area contributed by atoms with Gasteiger partial charge < -0.3 is 5.32 Å². The highest BCUT2D eigenvalue weighted by molar-refractivity contribution is 5.25. The number of aryl methyl sites for hydroxylation is 1. The van der Waals surface area contributed by atoms with Crippen molar-refractivity contribution in [1.82, 2.24) is 10.3 Å². The number of pyridine rings is 1. The first kappa shape index (κ1) is 11.2. The van der Waals surface area contributed by atoms with Gasteiger partial charge in [-0.15, -0.1) is 12.3 Å². The molecule has 2 unspecified atom stereocenters. The van der Waals surface area contributed by atoms with Crippen LogP contribution in [0.2, 0.25) is 0 Å². The fourth-order valence-electron chi connectivity index (χ4n) is 2.35. The predicted octanol–water partition coefficient (Wildman–Crippen LogP) is 2.46. The van der Waals surface area contributed by atoms with E-state index in [0.29, 0.717) is 12.1 Å². The molecule has 1 aliphatic carbocycles. The van der Waals surface area contributed by atoms with Gasteiger partial charge in [0.15, 0.2) is 0 Å². The standard InChI is InChI=1S/C14H18N2/c1-3-6-11(2)16-13-9-4-7-12-8-5-10-15-14(12)13/h1,5,8,10-11,13,16H,4,6-7,9H2,2H3. The number of rotatable bonds is 3. The van der Waals surface area contributed by atoms with E-state index in [4.69, 9.17) is 6.42 Å². The summed E-state index contributed by atoms with van der Waals surface area (Å²) in [5.41, 5.74) is 2.61. The molecule has 1 aromatic rings. The second kappa shape index (κ2) is 5.14. The first-order valence-corrected chi connectivity index (χ1v) is 5.94. The number of hydrogen-bond acceptors (Lipinski definition) is 2. The van der Waals surface area contributed by atoms with Crippen molar-refractivity contribution in [3.05, 3.63) is 29.6 Å². The zero-order valence-electron chi connectivity index (χ0n) is 9.74. The van der Waals surface area contributed by atoms with E-state index >= 15 is 0 Å². The Labute approximate surface area is 97.5 Å². The second-order valence-corrected chi connectivity index (χ2v) is 4.47. The van der Waals surface area contributed by atoms with Crippen LogP contribution in [0.25, 0.3) is 0 Å². The van der Waals surface area contributed by atoms with Crippen molar-refractivity contribution in [3.8, 4) is 12.3 Å². The van der Waals surface area contributed by atoms with Crippen LogP contribution in [0.15, 0.2) is 18.3 Å². The summed E-state index contributed by atoms with van der Waals surface area (Å²) in [5.74, 6) is 2.70. The first-order chi connectivity index (χ1) is 7.81. The monoisotopic (exact) mass is 214 g/mol. The molecule has 0 spiro atoms. The van der Waals surface area contributed by atoms with E-state index in [1.165, 1.54) is 24.1 Å². The normalized spacial score (nSPS) is 20.9. The van der Waals surface area contributed by atoms with Gasteiger partial charge in [-0.2, -0.15) is 0 Å². The molecule has 0 fully saturated rings. The Hall–Kier alpha value is -1.33. The molecule has 0 saturated carbocycles. The average Bonchev–Trinajstić information content (AvgIpc) is 2.30. The van der Waals surface area contributed by atoms with Crippen LogP contribution in [0.4, 0.5) is 0 Å². The Morgan fingerprint density at radius 1 is 1.69 bits per heavy atom. The molecule has 2 heteroatoms. The molecule has 1 aromatic heterocycles. The van der Waals surface area contributed by atoms with E-state index in [0.717, 1.165) is 12.8 Å². The van der Waals surface area contributed by atoms with E-state index in [1.54, 1.807) is 0 Å². The topological polar surface area (TPSA) is 24.9 Å². The number of terminal acetylenes is 1. The fraction of sp³-hybridized carbons (Fsp3) is 0.500.